The molecule has 0 saturated carbocycles. The van der Waals surface area contributed by atoms with Gasteiger partial charge in [0.1, 0.15) is 17.3 Å². The van der Waals surface area contributed by atoms with E-state index >= 15 is 0 Å². The van der Waals surface area contributed by atoms with Crippen molar-refractivity contribution in [2.75, 3.05) is 0 Å². The first-order valence-electron chi connectivity index (χ1n) is 10.6. The second-order valence-electron chi connectivity index (χ2n) is 7.21. The summed E-state index contributed by atoms with van der Waals surface area (Å²) in [5, 5.41) is 0. The lowest BCUT2D eigenvalue weighted by Crippen LogP contribution is -2.12. The first-order chi connectivity index (χ1) is 13.0. The van der Waals surface area contributed by atoms with Crippen LogP contribution in [0.25, 0.3) is 0 Å². The van der Waals surface area contributed by atoms with Crippen molar-refractivity contribution in [1.82, 2.24) is 0 Å². The molecule has 0 N–H and O–H groups in total. The first kappa shape index (κ1) is 30.9. The normalized spacial score (nSPS) is 10.2. The Bertz CT molecular complexity index is 527. The van der Waals surface area contributed by atoms with E-state index in [9.17, 15) is 14.4 Å². The molecule has 1 rings (SSSR count). The van der Waals surface area contributed by atoms with Gasteiger partial charge in [0, 0.05) is 24.7 Å². The summed E-state index contributed by atoms with van der Waals surface area (Å²) in [4.78, 5) is 32.8. The summed E-state index contributed by atoms with van der Waals surface area (Å²) in [5.74, 6) is 0.600. The molecule has 1 atom stereocenters. The van der Waals surface area contributed by atoms with Gasteiger partial charge in [0.2, 0.25) is 0 Å². The molecule has 0 unspecified atom stereocenters. The molecule has 0 bridgehead atoms. The third-order valence-corrected chi connectivity index (χ3v) is 3.85. The van der Waals surface area contributed by atoms with Gasteiger partial charge in [-0.2, -0.15) is 0 Å². The summed E-state index contributed by atoms with van der Waals surface area (Å²) >= 11 is 0. The average Bonchev–Trinajstić information content (AvgIpc) is 2.64. The van der Waals surface area contributed by atoms with Crippen LogP contribution in [-0.4, -0.2) is 17.3 Å². The Morgan fingerprint density at radius 3 is 1.57 bits per heavy atom. The van der Waals surface area contributed by atoms with Crippen LogP contribution in [0.2, 0.25) is 0 Å². The van der Waals surface area contributed by atoms with E-state index in [1.54, 1.807) is 6.92 Å². The average molecular weight is 393 g/mol. The monoisotopic (exact) mass is 392 g/mol. The number of hydrogen-bond acceptors (Lipinski definition) is 3. The smallest absolute Gasteiger partial charge is 0.133 e. The standard InChI is InChI=1S/C15H20O2.C5H10O.C3H8.C2H6/c1-11-4-6-14(7-5-11)8-9-15(17)10-12(2)13(3)16;1-4(2)5(3)6;1-3-2;1-2/h4-7,12H,8-10H2,1-3H3;4H,1-3H3;3H2,1-2H3;1-2H3/t12-;;;/m1.../s1. The Morgan fingerprint density at radius 1 is 0.857 bits per heavy atom. The Morgan fingerprint density at radius 2 is 1.25 bits per heavy atom. The predicted octanol–water partition coefficient (Wildman–Crippen LogP) is 6.79. The zero-order chi connectivity index (χ0) is 22.7. The SMILES string of the molecule is CC.CC(=O)C(C)C.CC(=O)[C@H](C)CC(=O)CCc1ccc(C)cc1.CCC. The van der Waals surface area contributed by atoms with Crippen molar-refractivity contribution in [3.63, 3.8) is 0 Å². The van der Waals surface area contributed by atoms with Crippen molar-refractivity contribution in [1.29, 1.82) is 0 Å². The Hall–Kier alpha value is -1.77. The van der Waals surface area contributed by atoms with E-state index in [0.717, 1.165) is 6.42 Å². The lowest BCUT2D eigenvalue weighted by molar-refractivity contribution is -0.126. The molecule has 0 aliphatic carbocycles. The van der Waals surface area contributed by atoms with Gasteiger partial charge in [0.05, 0.1) is 0 Å². The highest BCUT2D eigenvalue weighted by molar-refractivity contribution is 5.86. The summed E-state index contributed by atoms with van der Waals surface area (Å²) in [6.45, 7) is 19.0. The van der Waals surface area contributed by atoms with Crippen LogP contribution < -0.4 is 0 Å². The molecule has 1 aromatic carbocycles. The Balaban J connectivity index is -0.000000473. The van der Waals surface area contributed by atoms with E-state index in [1.807, 2.05) is 41.5 Å². The van der Waals surface area contributed by atoms with Crippen LogP contribution in [0.4, 0.5) is 0 Å². The molecule has 0 amide bonds. The molecule has 3 nitrogen and oxygen atoms in total. The lowest BCUT2D eigenvalue weighted by atomic mass is 9.97. The maximum absolute atomic E-state index is 11.6. The van der Waals surface area contributed by atoms with Crippen molar-refractivity contribution >= 4 is 17.3 Å². The van der Waals surface area contributed by atoms with E-state index in [0.29, 0.717) is 12.8 Å². The number of carbonyl (C=O) groups is 3. The van der Waals surface area contributed by atoms with Gasteiger partial charge in [-0.3, -0.25) is 14.4 Å². The van der Waals surface area contributed by atoms with Gasteiger partial charge < -0.3 is 0 Å². The van der Waals surface area contributed by atoms with Gasteiger partial charge in [-0.15, -0.1) is 0 Å². The van der Waals surface area contributed by atoms with E-state index < -0.39 is 0 Å². The summed E-state index contributed by atoms with van der Waals surface area (Å²) < 4.78 is 0. The van der Waals surface area contributed by atoms with Gasteiger partial charge in [-0.05, 0) is 32.8 Å². The minimum atomic E-state index is -0.138. The Kier molecular flexibility index (Phi) is 22.1. The summed E-state index contributed by atoms with van der Waals surface area (Å²) in [6.07, 6.45) is 2.92. The molecule has 0 radical (unpaired) electrons. The van der Waals surface area contributed by atoms with Gasteiger partial charge >= 0.3 is 0 Å². The van der Waals surface area contributed by atoms with Crippen LogP contribution >= 0.6 is 0 Å². The first-order valence-corrected chi connectivity index (χ1v) is 10.6. The van der Waals surface area contributed by atoms with Crippen LogP contribution in [-0.2, 0) is 20.8 Å². The number of hydrogen-bond donors (Lipinski definition) is 0. The number of rotatable bonds is 7. The topological polar surface area (TPSA) is 51.2 Å². The molecule has 0 fully saturated rings. The maximum atomic E-state index is 11.6. The molecular weight excluding hydrogens is 348 g/mol. The molecule has 0 aliphatic rings. The van der Waals surface area contributed by atoms with Gasteiger partial charge in [-0.1, -0.05) is 84.7 Å². The molecule has 0 aliphatic heterocycles. The van der Waals surface area contributed by atoms with Gasteiger partial charge in [-0.25, -0.2) is 0 Å². The highest BCUT2D eigenvalue weighted by Gasteiger charge is 2.12. The fraction of sp³-hybridized carbons (Fsp3) is 0.640. The van der Waals surface area contributed by atoms with E-state index in [1.165, 1.54) is 24.5 Å². The van der Waals surface area contributed by atoms with Crippen LogP contribution in [0.15, 0.2) is 24.3 Å². The molecule has 0 aromatic heterocycles. The number of Topliss-reactive ketones (excluding diaryl/α,β-unsaturated/α-hetero) is 3. The Labute approximate surface area is 174 Å². The molecule has 0 spiro atoms. The number of aryl methyl sites for hydroxylation is 2. The zero-order valence-electron chi connectivity index (χ0n) is 20.0. The van der Waals surface area contributed by atoms with Crippen LogP contribution in [0.5, 0.6) is 0 Å². The predicted molar refractivity (Wildman–Crippen MR) is 122 cm³/mol. The second-order valence-corrected chi connectivity index (χ2v) is 7.21. The third kappa shape index (κ3) is 20.5. The second kappa shape index (κ2) is 20.0. The quantitative estimate of drug-likeness (QED) is 0.513. The molecule has 3 heteroatoms. The van der Waals surface area contributed by atoms with Crippen molar-refractivity contribution in [3.8, 4) is 0 Å². The van der Waals surface area contributed by atoms with Crippen molar-refractivity contribution in [2.24, 2.45) is 11.8 Å². The molecule has 1 aromatic rings. The van der Waals surface area contributed by atoms with Crippen molar-refractivity contribution in [3.05, 3.63) is 35.4 Å². The number of benzene rings is 1. The van der Waals surface area contributed by atoms with Crippen LogP contribution in [0.1, 0.15) is 92.7 Å². The minimum absolute atomic E-state index is 0.0914. The summed E-state index contributed by atoms with van der Waals surface area (Å²) in [5.41, 5.74) is 2.41. The summed E-state index contributed by atoms with van der Waals surface area (Å²) in [7, 11) is 0. The molecule has 28 heavy (non-hydrogen) atoms. The van der Waals surface area contributed by atoms with Crippen molar-refractivity contribution < 1.29 is 14.4 Å². The largest absolute Gasteiger partial charge is 0.300 e. The lowest BCUT2D eigenvalue weighted by Gasteiger charge is -2.06. The third-order valence-electron chi connectivity index (χ3n) is 3.85. The highest BCUT2D eigenvalue weighted by Crippen LogP contribution is 2.10. The number of carbonyl (C=O) groups excluding carboxylic acids is 3. The summed E-state index contributed by atoms with van der Waals surface area (Å²) in [6, 6.07) is 8.21. The highest BCUT2D eigenvalue weighted by atomic mass is 16.1. The van der Waals surface area contributed by atoms with Gasteiger partial charge in [0.15, 0.2) is 0 Å². The zero-order valence-corrected chi connectivity index (χ0v) is 20.0. The maximum Gasteiger partial charge on any atom is 0.133 e. The van der Waals surface area contributed by atoms with Crippen LogP contribution in [0.3, 0.4) is 0 Å². The molecular formula is C25H44O3. The molecule has 0 saturated heterocycles. The minimum Gasteiger partial charge on any atom is -0.300 e. The van der Waals surface area contributed by atoms with E-state index in [2.05, 4.69) is 38.1 Å². The van der Waals surface area contributed by atoms with Crippen molar-refractivity contribution in [2.45, 2.75) is 94.9 Å². The fourth-order valence-corrected chi connectivity index (χ4v) is 1.63. The van der Waals surface area contributed by atoms with Gasteiger partial charge in [0.25, 0.3) is 0 Å². The molecule has 162 valence electrons. The number of ketones is 3. The van der Waals surface area contributed by atoms with E-state index in [4.69, 9.17) is 0 Å². The fourth-order valence-electron chi connectivity index (χ4n) is 1.63. The van der Waals surface area contributed by atoms with Crippen LogP contribution in [0, 0.1) is 18.8 Å². The van der Waals surface area contributed by atoms with E-state index in [-0.39, 0.29) is 29.2 Å². The molecule has 0 heterocycles.